The zero-order valence-corrected chi connectivity index (χ0v) is 23.7. The van der Waals surface area contributed by atoms with E-state index in [4.69, 9.17) is 9.72 Å². The highest BCUT2D eigenvalue weighted by Crippen LogP contribution is 2.34. The van der Waals surface area contributed by atoms with E-state index in [9.17, 15) is 13.2 Å². The number of hydrogen-bond donors (Lipinski definition) is 0. The number of fused-ring (bicyclic) bond motifs is 1. The van der Waals surface area contributed by atoms with Crippen molar-refractivity contribution in [2.75, 3.05) is 57.4 Å². The standard InChI is InChI=1S/C27H36N4O4S2/c1-5-30(6-2)37(33,34)23-12-10-22(11-13-23)26(32)31(15-7-14-29-16-18-35-19-17-29)27-28-24-20(3)8-9-21(4)25(24)36-27/h8-13H,5-7,14-19H2,1-4H3. The number of rotatable bonds is 10. The molecule has 10 heteroatoms. The number of aryl methyl sites for hydroxylation is 2. The maximum Gasteiger partial charge on any atom is 0.260 e. The summed E-state index contributed by atoms with van der Waals surface area (Å²) in [7, 11) is -3.59. The molecule has 1 fully saturated rings. The van der Waals surface area contributed by atoms with Gasteiger partial charge in [-0.25, -0.2) is 13.4 Å². The van der Waals surface area contributed by atoms with Crippen molar-refractivity contribution in [3.8, 4) is 0 Å². The lowest BCUT2D eigenvalue weighted by atomic mass is 10.1. The van der Waals surface area contributed by atoms with E-state index in [1.54, 1.807) is 17.0 Å². The Kier molecular flexibility index (Phi) is 8.97. The highest BCUT2D eigenvalue weighted by atomic mass is 32.2. The number of anilines is 1. The molecule has 1 saturated heterocycles. The molecule has 0 N–H and O–H groups in total. The van der Waals surface area contributed by atoms with Crippen molar-refractivity contribution in [3.05, 3.63) is 53.1 Å². The predicted molar refractivity (Wildman–Crippen MR) is 149 cm³/mol. The number of aromatic nitrogens is 1. The maximum atomic E-state index is 13.8. The van der Waals surface area contributed by atoms with Crippen molar-refractivity contribution in [2.24, 2.45) is 0 Å². The molecule has 1 amide bonds. The van der Waals surface area contributed by atoms with Crippen LogP contribution in [0.3, 0.4) is 0 Å². The molecule has 8 nitrogen and oxygen atoms in total. The first-order chi connectivity index (χ1) is 17.8. The fourth-order valence-corrected chi connectivity index (χ4v) is 7.16. The van der Waals surface area contributed by atoms with Gasteiger partial charge in [-0.3, -0.25) is 14.6 Å². The van der Waals surface area contributed by atoms with Crippen LogP contribution in [-0.2, 0) is 14.8 Å². The first kappa shape index (κ1) is 27.7. The van der Waals surface area contributed by atoms with Gasteiger partial charge in [0.15, 0.2) is 5.13 Å². The number of nitrogens with zero attached hydrogens (tertiary/aromatic N) is 4. The highest BCUT2D eigenvalue weighted by molar-refractivity contribution is 7.89. The van der Waals surface area contributed by atoms with Crippen LogP contribution in [0.15, 0.2) is 41.3 Å². The smallest absolute Gasteiger partial charge is 0.260 e. The van der Waals surface area contributed by atoms with Crippen LogP contribution in [-0.4, -0.2) is 81.0 Å². The number of thiazole rings is 1. The van der Waals surface area contributed by atoms with Crippen molar-refractivity contribution in [1.29, 1.82) is 0 Å². The van der Waals surface area contributed by atoms with Gasteiger partial charge in [-0.2, -0.15) is 4.31 Å². The Labute approximate surface area is 223 Å². The SMILES string of the molecule is CCN(CC)S(=O)(=O)c1ccc(C(=O)N(CCCN2CCOCC2)c2nc3c(C)ccc(C)c3s2)cc1. The number of benzene rings is 2. The number of sulfonamides is 1. The fourth-order valence-electron chi connectivity index (χ4n) is 4.56. The number of ether oxygens (including phenoxy) is 1. The van der Waals surface area contributed by atoms with Crippen LogP contribution in [0.5, 0.6) is 0 Å². The summed E-state index contributed by atoms with van der Waals surface area (Å²) in [5.41, 5.74) is 3.58. The Bertz CT molecular complexity index is 1290. The molecule has 2 aromatic carbocycles. The summed E-state index contributed by atoms with van der Waals surface area (Å²) in [6.45, 7) is 13.2. The van der Waals surface area contributed by atoms with E-state index in [1.807, 2.05) is 20.8 Å². The number of carbonyl (C=O) groups excluding carboxylic acids is 1. The van der Waals surface area contributed by atoms with E-state index in [0.29, 0.717) is 30.3 Å². The Hall–Kier alpha value is -2.37. The summed E-state index contributed by atoms with van der Waals surface area (Å²) in [4.78, 5) is 22.9. The minimum atomic E-state index is -3.59. The van der Waals surface area contributed by atoms with Gasteiger partial charge < -0.3 is 4.74 Å². The first-order valence-corrected chi connectivity index (χ1v) is 15.1. The van der Waals surface area contributed by atoms with Crippen LogP contribution in [0.25, 0.3) is 10.2 Å². The van der Waals surface area contributed by atoms with E-state index in [0.717, 1.165) is 60.6 Å². The molecule has 1 aliphatic rings. The lowest BCUT2D eigenvalue weighted by Gasteiger charge is -2.27. The van der Waals surface area contributed by atoms with Crippen molar-refractivity contribution in [2.45, 2.75) is 39.0 Å². The lowest BCUT2D eigenvalue weighted by Crippen LogP contribution is -2.39. The van der Waals surface area contributed by atoms with Gasteiger partial charge in [0.05, 0.1) is 28.3 Å². The van der Waals surface area contributed by atoms with Crippen molar-refractivity contribution in [3.63, 3.8) is 0 Å². The van der Waals surface area contributed by atoms with Crippen LogP contribution in [0.1, 0.15) is 41.8 Å². The number of carbonyl (C=O) groups is 1. The van der Waals surface area contributed by atoms with Gasteiger partial charge in [-0.1, -0.05) is 37.3 Å². The minimum absolute atomic E-state index is 0.178. The second kappa shape index (κ2) is 12.0. The molecule has 2 heterocycles. The minimum Gasteiger partial charge on any atom is -0.379 e. The molecule has 0 atom stereocenters. The Morgan fingerprint density at radius 2 is 1.68 bits per heavy atom. The molecule has 200 valence electrons. The molecule has 0 radical (unpaired) electrons. The van der Waals surface area contributed by atoms with Crippen LogP contribution < -0.4 is 4.90 Å². The van der Waals surface area contributed by atoms with E-state index in [-0.39, 0.29) is 10.8 Å². The molecule has 4 rings (SSSR count). The van der Waals surface area contributed by atoms with Gasteiger partial charge in [0.1, 0.15) is 0 Å². The van der Waals surface area contributed by atoms with Crippen molar-refractivity contribution < 1.29 is 17.9 Å². The topological polar surface area (TPSA) is 83.1 Å². The zero-order chi connectivity index (χ0) is 26.6. The van der Waals surface area contributed by atoms with E-state index in [2.05, 4.69) is 24.0 Å². The number of hydrogen-bond acceptors (Lipinski definition) is 7. The summed E-state index contributed by atoms with van der Waals surface area (Å²) in [6.07, 6.45) is 0.800. The average molecular weight is 545 g/mol. The third-order valence-corrected chi connectivity index (χ3v) is 10.1. The largest absolute Gasteiger partial charge is 0.379 e. The summed E-state index contributed by atoms with van der Waals surface area (Å²) in [5, 5.41) is 0.666. The van der Waals surface area contributed by atoms with Crippen LogP contribution in [0.2, 0.25) is 0 Å². The number of amides is 1. The monoisotopic (exact) mass is 544 g/mol. The van der Waals surface area contributed by atoms with E-state index in [1.165, 1.54) is 27.8 Å². The third-order valence-electron chi connectivity index (χ3n) is 6.81. The van der Waals surface area contributed by atoms with Crippen LogP contribution in [0, 0.1) is 13.8 Å². The molecular formula is C27H36N4O4S2. The van der Waals surface area contributed by atoms with E-state index >= 15 is 0 Å². The molecule has 0 bridgehead atoms. The second-order valence-corrected chi connectivity index (χ2v) is 12.2. The Balaban J connectivity index is 1.62. The average Bonchev–Trinajstić information content (AvgIpc) is 3.36. The number of morpholine rings is 1. The van der Waals surface area contributed by atoms with Gasteiger partial charge in [-0.05, 0) is 55.7 Å². The summed E-state index contributed by atoms with van der Waals surface area (Å²) in [5.74, 6) is -0.178. The zero-order valence-electron chi connectivity index (χ0n) is 22.1. The normalized spacial score (nSPS) is 14.9. The van der Waals surface area contributed by atoms with Crippen molar-refractivity contribution in [1.82, 2.24) is 14.2 Å². The van der Waals surface area contributed by atoms with Crippen molar-refractivity contribution >= 4 is 42.6 Å². The summed E-state index contributed by atoms with van der Waals surface area (Å²) < 4.78 is 33.7. The van der Waals surface area contributed by atoms with Crippen LogP contribution in [0.4, 0.5) is 5.13 Å². The summed E-state index contributed by atoms with van der Waals surface area (Å²) >= 11 is 1.53. The lowest BCUT2D eigenvalue weighted by molar-refractivity contribution is 0.0376. The highest BCUT2D eigenvalue weighted by Gasteiger charge is 2.25. The first-order valence-electron chi connectivity index (χ1n) is 12.8. The summed E-state index contributed by atoms with van der Waals surface area (Å²) in [6, 6.07) is 10.4. The van der Waals surface area contributed by atoms with E-state index < -0.39 is 10.0 Å². The quantitative estimate of drug-likeness (QED) is 0.378. The molecule has 1 aliphatic heterocycles. The third kappa shape index (κ3) is 6.04. The van der Waals surface area contributed by atoms with Gasteiger partial charge in [-0.15, -0.1) is 0 Å². The molecule has 0 spiro atoms. The van der Waals surface area contributed by atoms with Gasteiger partial charge in [0, 0.05) is 44.8 Å². The Morgan fingerprint density at radius 3 is 2.30 bits per heavy atom. The molecule has 1 aromatic heterocycles. The molecule has 37 heavy (non-hydrogen) atoms. The predicted octanol–water partition coefficient (Wildman–Crippen LogP) is 4.31. The van der Waals surface area contributed by atoms with Gasteiger partial charge in [0.25, 0.3) is 5.91 Å². The van der Waals surface area contributed by atoms with Gasteiger partial charge >= 0.3 is 0 Å². The molecular weight excluding hydrogens is 508 g/mol. The second-order valence-electron chi connectivity index (χ2n) is 9.25. The molecule has 0 aliphatic carbocycles. The maximum absolute atomic E-state index is 13.8. The Morgan fingerprint density at radius 1 is 1.03 bits per heavy atom. The molecule has 3 aromatic rings. The molecule has 0 unspecified atom stereocenters. The fraction of sp³-hybridized carbons (Fsp3) is 0.481. The molecule has 0 saturated carbocycles. The van der Waals surface area contributed by atoms with Crippen LogP contribution >= 0.6 is 11.3 Å². The van der Waals surface area contributed by atoms with Gasteiger partial charge in [0.2, 0.25) is 10.0 Å².